The number of nitrogens with zero attached hydrogens (tertiary/aromatic N) is 2. The number of benzene rings is 1. The van der Waals surface area contributed by atoms with Crippen LogP contribution in [0.5, 0.6) is 0 Å². The van der Waals surface area contributed by atoms with Crippen LogP contribution < -0.4 is 0 Å². The molecule has 0 radical (unpaired) electrons. The van der Waals surface area contributed by atoms with Crippen LogP contribution in [0.15, 0.2) is 35.0 Å². The Morgan fingerprint density at radius 2 is 1.77 bits per heavy atom. The van der Waals surface area contributed by atoms with Crippen LogP contribution in [-0.4, -0.2) is 53.7 Å². The van der Waals surface area contributed by atoms with Gasteiger partial charge < -0.3 is 10.0 Å². The van der Waals surface area contributed by atoms with E-state index in [4.69, 9.17) is 23.2 Å². The zero-order valence-corrected chi connectivity index (χ0v) is 23.1. The lowest BCUT2D eigenvalue weighted by atomic mass is 9.80. The lowest BCUT2D eigenvalue weighted by molar-refractivity contribution is 0.0467. The maximum Gasteiger partial charge on any atom is 0.0571 e. The monoisotopic (exact) mass is 534 g/mol. The lowest BCUT2D eigenvalue weighted by Crippen LogP contribution is -2.39. The molecular formula is C29H40Cl2N2OS. The van der Waals surface area contributed by atoms with Crippen LogP contribution in [0.1, 0.15) is 68.4 Å². The molecule has 2 aliphatic heterocycles. The number of rotatable bonds is 8. The van der Waals surface area contributed by atoms with E-state index in [1.165, 1.54) is 70.1 Å². The van der Waals surface area contributed by atoms with Crippen molar-refractivity contribution in [2.24, 2.45) is 17.8 Å². The molecule has 2 saturated heterocycles. The quantitative estimate of drug-likeness (QED) is 0.384. The maximum absolute atomic E-state index is 10.8. The highest BCUT2D eigenvalue weighted by atomic mass is 35.5. The second kappa shape index (κ2) is 12.3. The fourth-order valence-electron chi connectivity index (χ4n) is 6.82. The third-order valence-corrected chi connectivity index (χ3v) is 10.2. The van der Waals surface area contributed by atoms with Gasteiger partial charge in [0.1, 0.15) is 0 Å². The predicted molar refractivity (Wildman–Crippen MR) is 149 cm³/mol. The largest absolute Gasteiger partial charge is 0.393 e. The van der Waals surface area contributed by atoms with E-state index in [9.17, 15) is 5.11 Å². The second-order valence-electron chi connectivity index (χ2n) is 11.3. The summed E-state index contributed by atoms with van der Waals surface area (Å²) in [5, 5.41) is 16.8. The van der Waals surface area contributed by atoms with Crippen molar-refractivity contribution in [3.8, 4) is 0 Å². The van der Waals surface area contributed by atoms with Crippen LogP contribution in [0, 0.1) is 17.8 Å². The van der Waals surface area contributed by atoms with Gasteiger partial charge in [0, 0.05) is 42.1 Å². The summed E-state index contributed by atoms with van der Waals surface area (Å²) >= 11 is 14.4. The lowest BCUT2D eigenvalue weighted by Gasteiger charge is -2.36. The van der Waals surface area contributed by atoms with Gasteiger partial charge >= 0.3 is 0 Å². The van der Waals surface area contributed by atoms with Crippen LogP contribution in [0.25, 0.3) is 0 Å². The Hall–Kier alpha value is -0.620. The van der Waals surface area contributed by atoms with Crippen molar-refractivity contribution >= 4 is 34.5 Å². The number of thiophene rings is 1. The second-order valence-corrected chi connectivity index (χ2v) is 12.9. The number of aliphatic hydroxyl groups excluding tert-OH is 1. The first-order valence-electron chi connectivity index (χ1n) is 13.6. The Morgan fingerprint density at radius 3 is 2.49 bits per heavy atom. The molecule has 3 aliphatic rings. The first kappa shape index (κ1) is 26.0. The SMILES string of the molecule is OC(CC1CCN(C[C@H]2CN(Cc3ccc(Cl)cc3Cl)C[C@@H]2c2ccsc2)CC1)C1CCCCC1. The van der Waals surface area contributed by atoms with Crippen molar-refractivity contribution in [2.45, 2.75) is 69.9 Å². The van der Waals surface area contributed by atoms with Crippen molar-refractivity contribution < 1.29 is 5.11 Å². The van der Waals surface area contributed by atoms with Crippen molar-refractivity contribution in [1.29, 1.82) is 0 Å². The smallest absolute Gasteiger partial charge is 0.0571 e. The molecule has 1 unspecified atom stereocenters. The average Bonchev–Trinajstić information content (AvgIpc) is 3.53. The third kappa shape index (κ3) is 6.83. The van der Waals surface area contributed by atoms with E-state index in [0.717, 1.165) is 36.6 Å². The van der Waals surface area contributed by atoms with Crippen molar-refractivity contribution in [1.82, 2.24) is 9.80 Å². The molecule has 2 aromatic rings. The van der Waals surface area contributed by atoms with Crippen LogP contribution >= 0.6 is 34.5 Å². The maximum atomic E-state index is 10.8. The normalized spacial score (nSPS) is 26.4. The number of aliphatic hydroxyl groups is 1. The Labute approximate surface area is 225 Å². The molecule has 0 bridgehead atoms. The van der Waals surface area contributed by atoms with Crippen molar-refractivity contribution in [3.63, 3.8) is 0 Å². The molecule has 6 heteroatoms. The summed E-state index contributed by atoms with van der Waals surface area (Å²) in [7, 11) is 0. The first-order chi connectivity index (χ1) is 17.0. The molecule has 1 saturated carbocycles. The predicted octanol–water partition coefficient (Wildman–Crippen LogP) is 7.31. The number of hydrogen-bond donors (Lipinski definition) is 1. The molecule has 3 heterocycles. The molecule has 1 aliphatic carbocycles. The Morgan fingerprint density at radius 1 is 0.971 bits per heavy atom. The molecular weight excluding hydrogens is 495 g/mol. The number of hydrogen-bond acceptors (Lipinski definition) is 4. The van der Waals surface area contributed by atoms with Crippen LogP contribution in [0.2, 0.25) is 10.0 Å². The molecule has 5 rings (SSSR count). The molecule has 3 nitrogen and oxygen atoms in total. The van der Waals surface area contributed by atoms with E-state index in [1.54, 1.807) is 0 Å². The van der Waals surface area contributed by atoms with Crippen molar-refractivity contribution in [2.75, 3.05) is 32.7 Å². The molecule has 0 amide bonds. The summed E-state index contributed by atoms with van der Waals surface area (Å²) < 4.78 is 0. The standard InChI is InChI=1S/C29H40Cl2N2OS/c30-26-7-6-23(28(31)15-26)16-33-18-25(27(19-33)24-10-13-35-20-24)17-32-11-8-21(9-12-32)14-29(34)22-4-2-1-3-5-22/h6-7,10,13,15,20-22,25,27,29,34H,1-5,8-9,11-12,14,16-19H2/t25-,27+,29?/m0/s1. The van der Waals surface area contributed by atoms with Gasteiger partial charge in [-0.1, -0.05) is 48.5 Å². The van der Waals surface area contributed by atoms with Gasteiger partial charge in [0.2, 0.25) is 0 Å². The Kier molecular flexibility index (Phi) is 9.13. The Bertz CT molecular complexity index is 925. The summed E-state index contributed by atoms with van der Waals surface area (Å²) in [6, 6.07) is 8.20. The zero-order valence-electron chi connectivity index (χ0n) is 20.8. The third-order valence-electron chi connectivity index (χ3n) is 8.87. The number of halogens is 2. The van der Waals surface area contributed by atoms with Gasteiger partial charge in [0.25, 0.3) is 0 Å². The van der Waals surface area contributed by atoms with Crippen LogP contribution in [-0.2, 0) is 6.54 Å². The van der Waals surface area contributed by atoms with Gasteiger partial charge in [-0.05, 0) is 103 Å². The zero-order chi connectivity index (χ0) is 24.2. The summed E-state index contributed by atoms with van der Waals surface area (Å²) in [5.41, 5.74) is 2.66. The topological polar surface area (TPSA) is 26.7 Å². The van der Waals surface area contributed by atoms with E-state index < -0.39 is 0 Å². The van der Waals surface area contributed by atoms with E-state index in [-0.39, 0.29) is 6.10 Å². The summed E-state index contributed by atoms with van der Waals surface area (Å²) in [5.74, 6) is 2.48. The first-order valence-corrected chi connectivity index (χ1v) is 15.3. The van der Waals surface area contributed by atoms with Crippen molar-refractivity contribution in [3.05, 3.63) is 56.2 Å². The van der Waals surface area contributed by atoms with Crippen LogP contribution in [0.4, 0.5) is 0 Å². The summed E-state index contributed by atoms with van der Waals surface area (Å²) in [6.45, 7) is 6.61. The minimum absolute atomic E-state index is 0.0714. The molecule has 3 fully saturated rings. The highest BCUT2D eigenvalue weighted by Crippen LogP contribution is 2.37. The molecule has 3 atom stereocenters. The van der Waals surface area contributed by atoms with E-state index in [0.29, 0.717) is 28.7 Å². The number of likely N-dealkylation sites (tertiary alicyclic amines) is 2. The number of piperidine rings is 1. The van der Waals surface area contributed by atoms with Crippen LogP contribution in [0.3, 0.4) is 0 Å². The van der Waals surface area contributed by atoms with Gasteiger partial charge in [0.05, 0.1) is 6.10 Å². The highest BCUT2D eigenvalue weighted by molar-refractivity contribution is 7.08. The molecule has 1 N–H and O–H groups in total. The fraction of sp³-hybridized carbons (Fsp3) is 0.655. The fourth-order valence-corrected chi connectivity index (χ4v) is 8.01. The average molecular weight is 536 g/mol. The van der Waals surface area contributed by atoms with Gasteiger partial charge in [-0.2, -0.15) is 11.3 Å². The molecule has 1 aromatic heterocycles. The van der Waals surface area contributed by atoms with Gasteiger partial charge in [-0.15, -0.1) is 0 Å². The Balaban J connectivity index is 1.15. The minimum atomic E-state index is -0.0714. The van der Waals surface area contributed by atoms with Gasteiger partial charge in [-0.25, -0.2) is 0 Å². The molecule has 192 valence electrons. The van der Waals surface area contributed by atoms with E-state index in [1.807, 2.05) is 23.5 Å². The van der Waals surface area contributed by atoms with Gasteiger partial charge in [0.15, 0.2) is 0 Å². The van der Waals surface area contributed by atoms with E-state index >= 15 is 0 Å². The molecule has 35 heavy (non-hydrogen) atoms. The molecule has 1 aromatic carbocycles. The highest BCUT2D eigenvalue weighted by Gasteiger charge is 2.36. The van der Waals surface area contributed by atoms with Gasteiger partial charge in [-0.3, -0.25) is 4.90 Å². The van der Waals surface area contributed by atoms with E-state index in [2.05, 4.69) is 32.7 Å². The molecule has 0 spiro atoms. The minimum Gasteiger partial charge on any atom is -0.393 e. The summed E-state index contributed by atoms with van der Waals surface area (Å²) in [4.78, 5) is 5.28. The summed E-state index contributed by atoms with van der Waals surface area (Å²) in [6.07, 6.45) is 9.90.